The molecule has 0 aliphatic heterocycles. The van der Waals surface area contributed by atoms with Gasteiger partial charge in [-0.1, -0.05) is 0 Å². The zero-order valence-electron chi connectivity index (χ0n) is 7.55. The van der Waals surface area contributed by atoms with Crippen molar-refractivity contribution < 1.29 is 9.90 Å². The maximum atomic E-state index is 11.1. The summed E-state index contributed by atoms with van der Waals surface area (Å²) in [6.07, 6.45) is 3.44. The second-order valence-electron chi connectivity index (χ2n) is 3.64. The molecule has 0 saturated heterocycles. The van der Waals surface area contributed by atoms with Crippen molar-refractivity contribution in [3.8, 4) is 0 Å². The molecule has 1 saturated carbocycles. The quantitative estimate of drug-likeness (QED) is 0.639. The van der Waals surface area contributed by atoms with Crippen LogP contribution >= 0.6 is 0 Å². The standard InChI is InChI=1S/C9H17NO2/c1-7(11)4-5-10-9(12)6-8-2-3-8/h7-8,11H,2-6H2,1H3,(H,10,12). The van der Waals surface area contributed by atoms with Crippen molar-refractivity contribution >= 4 is 5.91 Å². The molecular formula is C9H17NO2. The Morgan fingerprint density at radius 3 is 2.83 bits per heavy atom. The Morgan fingerprint density at radius 1 is 1.67 bits per heavy atom. The van der Waals surface area contributed by atoms with E-state index in [1.165, 1.54) is 12.8 Å². The Hall–Kier alpha value is -0.570. The monoisotopic (exact) mass is 171 g/mol. The Bertz CT molecular complexity index is 153. The van der Waals surface area contributed by atoms with Gasteiger partial charge in [-0.15, -0.1) is 0 Å². The van der Waals surface area contributed by atoms with Gasteiger partial charge in [0.2, 0.25) is 5.91 Å². The third kappa shape index (κ3) is 4.34. The molecule has 0 spiro atoms. The summed E-state index contributed by atoms with van der Waals surface area (Å²) in [5.41, 5.74) is 0. The van der Waals surface area contributed by atoms with Gasteiger partial charge < -0.3 is 10.4 Å². The predicted molar refractivity (Wildman–Crippen MR) is 46.6 cm³/mol. The lowest BCUT2D eigenvalue weighted by atomic mass is 10.2. The van der Waals surface area contributed by atoms with Gasteiger partial charge in [0.25, 0.3) is 0 Å². The number of carbonyl (C=O) groups is 1. The minimum atomic E-state index is -0.314. The molecule has 0 heterocycles. The summed E-state index contributed by atoms with van der Waals surface area (Å²) in [6.45, 7) is 2.33. The second kappa shape index (κ2) is 4.45. The lowest BCUT2D eigenvalue weighted by molar-refractivity contribution is -0.121. The van der Waals surface area contributed by atoms with Gasteiger partial charge >= 0.3 is 0 Å². The summed E-state index contributed by atoms with van der Waals surface area (Å²) in [6, 6.07) is 0. The second-order valence-corrected chi connectivity index (χ2v) is 3.64. The molecule has 0 aromatic rings. The fraction of sp³-hybridized carbons (Fsp3) is 0.889. The first kappa shape index (κ1) is 9.52. The number of hydrogen-bond acceptors (Lipinski definition) is 2. The Morgan fingerprint density at radius 2 is 2.33 bits per heavy atom. The molecule has 0 aromatic carbocycles. The molecule has 1 fully saturated rings. The van der Waals surface area contributed by atoms with Gasteiger partial charge in [0, 0.05) is 13.0 Å². The first-order chi connectivity index (χ1) is 5.68. The van der Waals surface area contributed by atoms with Gasteiger partial charge in [0.1, 0.15) is 0 Å². The fourth-order valence-corrected chi connectivity index (χ4v) is 1.08. The highest BCUT2D eigenvalue weighted by atomic mass is 16.3. The van der Waals surface area contributed by atoms with Gasteiger partial charge in [0.05, 0.1) is 6.10 Å². The van der Waals surface area contributed by atoms with E-state index in [9.17, 15) is 4.79 Å². The van der Waals surface area contributed by atoms with E-state index in [1.807, 2.05) is 0 Å². The molecule has 12 heavy (non-hydrogen) atoms. The molecule has 3 heteroatoms. The summed E-state index contributed by atoms with van der Waals surface area (Å²) in [7, 11) is 0. The van der Waals surface area contributed by atoms with Crippen LogP contribution in [0.15, 0.2) is 0 Å². The minimum absolute atomic E-state index is 0.137. The Kier molecular flexibility index (Phi) is 3.53. The van der Waals surface area contributed by atoms with Crippen molar-refractivity contribution in [3.05, 3.63) is 0 Å². The Balaban J connectivity index is 1.94. The molecule has 0 aromatic heterocycles. The summed E-state index contributed by atoms with van der Waals surface area (Å²) >= 11 is 0. The van der Waals surface area contributed by atoms with E-state index in [4.69, 9.17) is 5.11 Å². The Labute approximate surface area is 73.2 Å². The molecule has 70 valence electrons. The summed E-state index contributed by atoms with van der Waals surface area (Å²) in [4.78, 5) is 11.1. The minimum Gasteiger partial charge on any atom is -0.393 e. The van der Waals surface area contributed by atoms with E-state index in [-0.39, 0.29) is 12.0 Å². The highest BCUT2D eigenvalue weighted by Crippen LogP contribution is 2.31. The van der Waals surface area contributed by atoms with Crippen LogP contribution in [0.3, 0.4) is 0 Å². The van der Waals surface area contributed by atoms with Crippen LogP contribution in [0, 0.1) is 5.92 Å². The fourth-order valence-electron chi connectivity index (χ4n) is 1.08. The summed E-state index contributed by atoms with van der Waals surface area (Å²) < 4.78 is 0. The predicted octanol–water partition coefficient (Wildman–Crippen LogP) is 0.674. The lowest BCUT2D eigenvalue weighted by Gasteiger charge is -2.05. The van der Waals surface area contributed by atoms with Gasteiger partial charge in [-0.05, 0) is 32.1 Å². The highest BCUT2D eigenvalue weighted by molar-refractivity contribution is 5.76. The molecule has 3 nitrogen and oxygen atoms in total. The smallest absolute Gasteiger partial charge is 0.220 e. The average Bonchev–Trinajstić information content (AvgIpc) is 2.70. The number of amides is 1. The molecule has 1 aliphatic rings. The van der Waals surface area contributed by atoms with Crippen molar-refractivity contribution in [2.24, 2.45) is 5.92 Å². The van der Waals surface area contributed by atoms with Crippen LogP contribution in [-0.4, -0.2) is 23.7 Å². The maximum Gasteiger partial charge on any atom is 0.220 e. The van der Waals surface area contributed by atoms with E-state index in [2.05, 4.69) is 5.32 Å². The van der Waals surface area contributed by atoms with E-state index >= 15 is 0 Å². The average molecular weight is 171 g/mol. The first-order valence-corrected chi connectivity index (χ1v) is 4.63. The van der Waals surface area contributed by atoms with Crippen LogP contribution in [0.2, 0.25) is 0 Å². The van der Waals surface area contributed by atoms with E-state index < -0.39 is 0 Å². The van der Waals surface area contributed by atoms with E-state index in [1.54, 1.807) is 6.92 Å². The van der Waals surface area contributed by atoms with Gasteiger partial charge in [0.15, 0.2) is 0 Å². The van der Waals surface area contributed by atoms with Gasteiger partial charge in [-0.25, -0.2) is 0 Å². The van der Waals surface area contributed by atoms with Crippen LogP contribution < -0.4 is 5.32 Å². The zero-order valence-corrected chi connectivity index (χ0v) is 7.55. The van der Waals surface area contributed by atoms with Crippen molar-refractivity contribution in [2.75, 3.05) is 6.54 Å². The van der Waals surface area contributed by atoms with E-state index in [0.717, 1.165) is 0 Å². The molecular weight excluding hydrogens is 154 g/mol. The summed E-state index contributed by atoms with van der Waals surface area (Å²) in [5.74, 6) is 0.787. The summed E-state index contributed by atoms with van der Waals surface area (Å²) in [5, 5.41) is 11.7. The van der Waals surface area contributed by atoms with Crippen molar-refractivity contribution in [3.63, 3.8) is 0 Å². The number of carbonyl (C=O) groups excluding carboxylic acids is 1. The normalized spacial score (nSPS) is 18.8. The maximum absolute atomic E-state index is 11.1. The number of rotatable bonds is 5. The molecule has 1 unspecified atom stereocenters. The third-order valence-electron chi connectivity index (χ3n) is 2.06. The molecule has 1 aliphatic carbocycles. The third-order valence-corrected chi connectivity index (χ3v) is 2.06. The van der Waals surface area contributed by atoms with Crippen LogP contribution in [0.4, 0.5) is 0 Å². The number of aliphatic hydroxyl groups excluding tert-OH is 1. The molecule has 0 radical (unpaired) electrons. The number of aliphatic hydroxyl groups is 1. The van der Waals surface area contributed by atoms with Gasteiger partial charge in [-0.3, -0.25) is 4.79 Å². The molecule has 1 amide bonds. The zero-order chi connectivity index (χ0) is 8.97. The highest BCUT2D eigenvalue weighted by Gasteiger charge is 2.23. The van der Waals surface area contributed by atoms with Crippen molar-refractivity contribution in [2.45, 2.75) is 38.7 Å². The van der Waals surface area contributed by atoms with Crippen LogP contribution in [0.1, 0.15) is 32.6 Å². The molecule has 1 atom stereocenters. The number of nitrogens with one attached hydrogen (secondary N) is 1. The van der Waals surface area contributed by atoms with Gasteiger partial charge in [-0.2, -0.15) is 0 Å². The molecule has 0 bridgehead atoms. The van der Waals surface area contributed by atoms with Crippen LogP contribution in [-0.2, 0) is 4.79 Å². The number of hydrogen-bond donors (Lipinski definition) is 2. The van der Waals surface area contributed by atoms with E-state index in [0.29, 0.717) is 25.3 Å². The SMILES string of the molecule is CC(O)CCNC(=O)CC1CC1. The molecule has 2 N–H and O–H groups in total. The molecule has 1 rings (SSSR count). The largest absolute Gasteiger partial charge is 0.393 e. The topological polar surface area (TPSA) is 49.3 Å². The van der Waals surface area contributed by atoms with Crippen LogP contribution in [0.25, 0.3) is 0 Å². The lowest BCUT2D eigenvalue weighted by Crippen LogP contribution is -2.26. The first-order valence-electron chi connectivity index (χ1n) is 4.63. The van der Waals surface area contributed by atoms with Crippen LogP contribution in [0.5, 0.6) is 0 Å². The van der Waals surface area contributed by atoms with Crippen molar-refractivity contribution in [1.29, 1.82) is 0 Å². The van der Waals surface area contributed by atoms with Crippen molar-refractivity contribution in [1.82, 2.24) is 5.32 Å².